The highest BCUT2D eigenvalue weighted by Crippen LogP contribution is 2.18. The van der Waals surface area contributed by atoms with E-state index in [4.69, 9.17) is 4.42 Å². The Labute approximate surface area is 164 Å². The van der Waals surface area contributed by atoms with Crippen molar-refractivity contribution in [2.75, 3.05) is 26.2 Å². The number of carbonyl (C=O) groups excluding carboxylic acids is 1. The molecule has 2 aromatic carbocycles. The van der Waals surface area contributed by atoms with Crippen molar-refractivity contribution in [3.63, 3.8) is 0 Å². The second-order valence-corrected chi connectivity index (χ2v) is 6.99. The molecule has 0 spiro atoms. The van der Waals surface area contributed by atoms with Gasteiger partial charge in [0.05, 0.1) is 6.54 Å². The SMILES string of the molecule is CCc1ccc(C(=O)N2CCN(Cc3nnc(-c4ccccc4)o3)CC2)cc1. The summed E-state index contributed by atoms with van der Waals surface area (Å²) in [6.07, 6.45) is 0.981. The van der Waals surface area contributed by atoms with Crippen LogP contribution in [-0.2, 0) is 13.0 Å². The summed E-state index contributed by atoms with van der Waals surface area (Å²) in [7, 11) is 0. The molecule has 3 aromatic rings. The van der Waals surface area contributed by atoms with E-state index in [-0.39, 0.29) is 5.91 Å². The molecule has 4 rings (SSSR count). The van der Waals surface area contributed by atoms with Crippen LogP contribution in [0.4, 0.5) is 0 Å². The average molecular weight is 376 g/mol. The molecule has 2 heterocycles. The summed E-state index contributed by atoms with van der Waals surface area (Å²) in [6, 6.07) is 17.7. The number of carbonyl (C=O) groups is 1. The summed E-state index contributed by atoms with van der Waals surface area (Å²) in [5.74, 6) is 1.25. The fourth-order valence-electron chi connectivity index (χ4n) is 3.38. The molecule has 0 unspecified atom stereocenters. The maximum atomic E-state index is 12.7. The van der Waals surface area contributed by atoms with Crippen LogP contribution in [0.25, 0.3) is 11.5 Å². The number of nitrogens with zero attached hydrogens (tertiary/aromatic N) is 4. The molecule has 1 aliphatic rings. The topological polar surface area (TPSA) is 62.5 Å². The second-order valence-electron chi connectivity index (χ2n) is 6.99. The van der Waals surface area contributed by atoms with Crippen molar-refractivity contribution in [1.29, 1.82) is 0 Å². The first kappa shape index (κ1) is 18.4. The van der Waals surface area contributed by atoms with Crippen LogP contribution in [0.3, 0.4) is 0 Å². The van der Waals surface area contributed by atoms with Gasteiger partial charge in [0.2, 0.25) is 11.8 Å². The van der Waals surface area contributed by atoms with Crippen LogP contribution >= 0.6 is 0 Å². The molecule has 0 bridgehead atoms. The van der Waals surface area contributed by atoms with Crippen molar-refractivity contribution in [1.82, 2.24) is 20.0 Å². The molecule has 1 fully saturated rings. The summed E-state index contributed by atoms with van der Waals surface area (Å²) in [4.78, 5) is 16.9. The first-order chi connectivity index (χ1) is 13.7. The fraction of sp³-hybridized carbons (Fsp3) is 0.318. The van der Waals surface area contributed by atoms with Gasteiger partial charge >= 0.3 is 0 Å². The summed E-state index contributed by atoms with van der Waals surface area (Å²) in [5.41, 5.74) is 2.93. The lowest BCUT2D eigenvalue weighted by Gasteiger charge is -2.34. The van der Waals surface area contributed by atoms with Gasteiger partial charge in [0, 0.05) is 37.3 Å². The van der Waals surface area contributed by atoms with Gasteiger partial charge in [0.25, 0.3) is 5.91 Å². The van der Waals surface area contributed by atoms with Crippen LogP contribution in [0.1, 0.15) is 28.7 Å². The Bertz CT molecular complexity index is 913. The number of piperazine rings is 1. The molecule has 1 aromatic heterocycles. The Kier molecular flexibility index (Phi) is 5.48. The Balaban J connectivity index is 1.32. The smallest absolute Gasteiger partial charge is 0.253 e. The van der Waals surface area contributed by atoms with E-state index in [9.17, 15) is 4.79 Å². The van der Waals surface area contributed by atoms with E-state index in [0.29, 0.717) is 31.4 Å². The van der Waals surface area contributed by atoms with Crippen molar-refractivity contribution in [3.8, 4) is 11.5 Å². The molecule has 28 heavy (non-hydrogen) atoms. The lowest BCUT2D eigenvalue weighted by molar-refractivity contribution is 0.0618. The van der Waals surface area contributed by atoms with Crippen LogP contribution in [-0.4, -0.2) is 52.1 Å². The Hall–Kier alpha value is -2.99. The maximum absolute atomic E-state index is 12.7. The van der Waals surface area contributed by atoms with Gasteiger partial charge in [0.1, 0.15) is 0 Å². The van der Waals surface area contributed by atoms with Crippen LogP contribution < -0.4 is 0 Å². The number of aryl methyl sites for hydroxylation is 1. The molecule has 0 N–H and O–H groups in total. The highest BCUT2D eigenvalue weighted by molar-refractivity contribution is 5.94. The monoisotopic (exact) mass is 376 g/mol. The van der Waals surface area contributed by atoms with Gasteiger partial charge in [0.15, 0.2) is 0 Å². The van der Waals surface area contributed by atoms with Crippen LogP contribution in [0.5, 0.6) is 0 Å². The lowest BCUT2D eigenvalue weighted by atomic mass is 10.1. The normalized spacial score (nSPS) is 15.0. The van der Waals surface area contributed by atoms with Crippen molar-refractivity contribution in [3.05, 3.63) is 71.6 Å². The van der Waals surface area contributed by atoms with Crippen LogP contribution in [0, 0.1) is 0 Å². The first-order valence-corrected chi connectivity index (χ1v) is 9.71. The fourth-order valence-corrected chi connectivity index (χ4v) is 3.38. The third kappa shape index (κ3) is 4.12. The van der Waals surface area contributed by atoms with Crippen molar-refractivity contribution in [2.45, 2.75) is 19.9 Å². The summed E-state index contributed by atoms with van der Waals surface area (Å²) < 4.78 is 5.79. The number of aromatic nitrogens is 2. The Morgan fingerprint density at radius 2 is 1.68 bits per heavy atom. The van der Waals surface area contributed by atoms with Gasteiger partial charge < -0.3 is 9.32 Å². The predicted octanol–water partition coefficient (Wildman–Crippen LogP) is 3.26. The summed E-state index contributed by atoms with van der Waals surface area (Å²) in [6.45, 7) is 5.71. The molecular weight excluding hydrogens is 352 g/mol. The van der Waals surface area contributed by atoms with Gasteiger partial charge in [-0.25, -0.2) is 0 Å². The van der Waals surface area contributed by atoms with E-state index in [0.717, 1.165) is 30.6 Å². The lowest BCUT2D eigenvalue weighted by Crippen LogP contribution is -2.48. The van der Waals surface area contributed by atoms with Gasteiger partial charge in [-0.1, -0.05) is 37.3 Å². The molecule has 0 saturated carbocycles. The minimum Gasteiger partial charge on any atom is -0.419 e. The largest absolute Gasteiger partial charge is 0.419 e. The molecule has 1 amide bonds. The Morgan fingerprint density at radius 3 is 2.36 bits per heavy atom. The third-order valence-corrected chi connectivity index (χ3v) is 5.12. The zero-order valence-electron chi connectivity index (χ0n) is 16.0. The summed E-state index contributed by atoms with van der Waals surface area (Å²) in [5, 5.41) is 8.31. The predicted molar refractivity (Wildman–Crippen MR) is 107 cm³/mol. The second kappa shape index (κ2) is 8.35. The average Bonchev–Trinajstić information content (AvgIpc) is 3.23. The van der Waals surface area contributed by atoms with E-state index < -0.39 is 0 Å². The quantitative estimate of drug-likeness (QED) is 0.684. The van der Waals surface area contributed by atoms with Crippen molar-refractivity contribution >= 4 is 5.91 Å². The molecular formula is C22H24N4O2. The van der Waals surface area contributed by atoms with Gasteiger partial charge in [-0.05, 0) is 36.2 Å². The van der Waals surface area contributed by atoms with Gasteiger partial charge in [-0.3, -0.25) is 9.69 Å². The first-order valence-electron chi connectivity index (χ1n) is 9.71. The molecule has 1 aliphatic heterocycles. The number of hydrogen-bond donors (Lipinski definition) is 0. The number of benzene rings is 2. The molecule has 0 atom stereocenters. The van der Waals surface area contributed by atoms with E-state index in [1.165, 1.54) is 5.56 Å². The molecule has 144 valence electrons. The minimum absolute atomic E-state index is 0.103. The summed E-state index contributed by atoms with van der Waals surface area (Å²) >= 11 is 0. The maximum Gasteiger partial charge on any atom is 0.253 e. The van der Waals surface area contributed by atoms with E-state index >= 15 is 0 Å². The molecule has 0 radical (unpaired) electrons. The van der Waals surface area contributed by atoms with Crippen molar-refractivity contribution < 1.29 is 9.21 Å². The zero-order valence-corrected chi connectivity index (χ0v) is 16.0. The number of rotatable bonds is 5. The van der Waals surface area contributed by atoms with E-state index in [1.54, 1.807) is 0 Å². The van der Waals surface area contributed by atoms with E-state index in [2.05, 4.69) is 22.0 Å². The molecule has 0 aliphatic carbocycles. The molecule has 6 nitrogen and oxygen atoms in total. The van der Waals surface area contributed by atoms with Crippen molar-refractivity contribution in [2.24, 2.45) is 0 Å². The third-order valence-electron chi connectivity index (χ3n) is 5.12. The molecule has 1 saturated heterocycles. The number of amides is 1. The Morgan fingerprint density at radius 1 is 0.964 bits per heavy atom. The van der Waals surface area contributed by atoms with Crippen LogP contribution in [0.15, 0.2) is 59.0 Å². The van der Waals surface area contributed by atoms with E-state index in [1.807, 2.05) is 59.5 Å². The highest BCUT2D eigenvalue weighted by Gasteiger charge is 2.23. The molecule has 6 heteroatoms. The van der Waals surface area contributed by atoms with Gasteiger partial charge in [-0.15, -0.1) is 10.2 Å². The number of hydrogen-bond acceptors (Lipinski definition) is 5. The zero-order chi connectivity index (χ0) is 19.3. The van der Waals surface area contributed by atoms with Crippen LogP contribution in [0.2, 0.25) is 0 Å². The standard InChI is InChI=1S/C22H24N4O2/c1-2-17-8-10-19(11-9-17)22(27)26-14-12-25(13-15-26)16-20-23-24-21(28-20)18-6-4-3-5-7-18/h3-11H,2,12-16H2,1H3. The van der Waals surface area contributed by atoms with Gasteiger partial charge in [-0.2, -0.15) is 0 Å². The minimum atomic E-state index is 0.103. The highest BCUT2D eigenvalue weighted by atomic mass is 16.4.